The van der Waals surface area contributed by atoms with E-state index in [0.29, 0.717) is 16.6 Å². The third-order valence-corrected chi connectivity index (χ3v) is 2.84. The van der Waals surface area contributed by atoms with Gasteiger partial charge in [-0.15, -0.1) is 0 Å². The number of rotatable bonds is 2. The van der Waals surface area contributed by atoms with Crippen LogP contribution < -0.4 is 5.56 Å². The van der Waals surface area contributed by atoms with Crippen molar-refractivity contribution in [2.45, 2.75) is 6.54 Å². The molecule has 0 spiro atoms. The Hall–Kier alpha value is -2.56. The van der Waals surface area contributed by atoms with Crippen molar-refractivity contribution in [3.8, 4) is 0 Å². The predicted molar refractivity (Wildman–Crippen MR) is 69.3 cm³/mol. The molecule has 3 aromatic rings. The second kappa shape index (κ2) is 4.61. The molecule has 5 heteroatoms. The first-order valence-electron chi connectivity index (χ1n) is 5.79. The molecule has 4 nitrogen and oxygen atoms in total. The van der Waals surface area contributed by atoms with Crippen molar-refractivity contribution in [1.29, 1.82) is 0 Å². The van der Waals surface area contributed by atoms with Gasteiger partial charge in [-0.2, -0.15) is 0 Å². The van der Waals surface area contributed by atoms with E-state index < -0.39 is 0 Å². The minimum absolute atomic E-state index is 0.178. The molecule has 2 aromatic heterocycles. The summed E-state index contributed by atoms with van der Waals surface area (Å²) in [5.74, 6) is -0.319. The minimum atomic E-state index is -0.319. The Morgan fingerprint density at radius 1 is 1.16 bits per heavy atom. The summed E-state index contributed by atoms with van der Waals surface area (Å²) in [5, 5.41) is 0.460. The van der Waals surface area contributed by atoms with Gasteiger partial charge in [0.1, 0.15) is 12.1 Å². The maximum Gasteiger partial charge on any atom is 0.263 e. The Balaban J connectivity index is 2.06. The van der Waals surface area contributed by atoms with Crippen molar-refractivity contribution >= 4 is 11.0 Å². The lowest BCUT2D eigenvalue weighted by Gasteiger charge is -2.06. The fraction of sp³-hybridized carbons (Fsp3) is 0.0714. The SMILES string of the molecule is O=c1c2cccnc2ncn1Cc1cccc(F)c1. The molecule has 0 aliphatic heterocycles. The molecule has 94 valence electrons. The molecule has 0 unspecified atom stereocenters. The summed E-state index contributed by atoms with van der Waals surface area (Å²) in [5.41, 5.74) is 0.956. The summed E-state index contributed by atoms with van der Waals surface area (Å²) in [4.78, 5) is 20.3. The average molecular weight is 255 g/mol. The van der Waals surface area contributed by atoms with Gasteiger partial charge in [0.25, 0.3) is 5.56 Å². The molecule has 0 saturated heterocycles. The van der Waals surface area contributed by atoms with E-state index in [1.807, 2.05) is 0 Å². The lowest BCUT2D eigenvalue weighted by atomic mass is 10.2. The maximum atomic E-state index is 13.1. The van der Waals surface area contributed by atoms with Gasteiger partial charge >= 0.3 is 0 Å². The van der Waals surface area contributed by atoms with Crippen LogP contribution in [0, 0.1) is 5.82 Å². The van der Waals surface area contributed by atoms with Crippen molar-refractivity contribution in [2.24, 2.45) is 0 Å². The number of fused-ring (bicyclic) bond motifs is 1. The highest BCUT2D eigenvalue weighted by molar-refractivity contribution is 5.72. The largest absolute Gasteiger partial charge is 0.294 e. The Morgan fingerprint density at radius 3 is 2.89 bits per heavy atom. The number of hydrogen-bond acceptors (Lipinski definition) is 3. The fourth-order valence-electron chi connectivity index (χ4n) is 1.94. The van der Waals surface area contributed by atoms with Crippen LogP contribution in [0.1, 0.15) is 5.56 Å². The summed E-state index contributed by atoms with van der Waals surface area (Å²) in [6.45, 7) is 0.286. The van der Waals surface area contributed by atoms with Crippen LogP contribution in [0.5, 0.6) is 0 Å². The van der Waals surface area contributed by atoms with E-state index in [2.05, 4.69) is 9.97 Å². The van der Waals surface area contributed by atoms with Crippen molar-refractivity contribution in [3.05, 3.63) is 70.7 Å². The van der Waals surface area contributed by atoms with Crippen LogP contribution in [0.25, 0.3) is 11.0 Å². The molecule has 0 atom stereocenters. The molecule has 3 rings (SSSR count). The quantitative estimate of drug-likeness (QED) is 0.703. The van der Waals surface area contributed by atoms with Gasteiger partial charge in [0.2, 0.25) is 0 Å². The molecule has 0 radical (unpaired) electrons. The Morgan fingerprint density at radius 2 is 2.05 bits per heavy atom. The highest BCUT2D eigenvalue weighted by atomic mass is 19.1. The van der Waals surface area contributed by atoms with Crippen LogP contribution in [-0.2, 0) is 6.54 Å². The topological polar surface area (TPSA) is 47.8 Å². The minimum Gasteiger partial charge on any atom is -0.294 e. The lowest BCUT2D eigenvalue weighted by molar-refractivity contribution is 0.622. The number of nitrogens with zero attached hydrogens (tertiary/aromatic N) is 3. The van der Waals surface area contributed by atoms with Gasteiger partial charge in [0, 0.05) is 6.20 Å². The van der Waals surface area contributed by atoms with Gasteiger partial charge < -0.3 is 0 Å². The molecule has 0 aliphatic rings. The van der Waals surface area contributed by atoms with Gasteiger partial charge in [-0.25, -0.2) is 14.4 Å². The van der Waals surface area contributed by atoms with Gasteiger partial charge in [-0.3, -0.25) is 9.36 Å². The first kappa shape index (κ1) is 11.5. The molecule has 0 amide bonds. The fourth-order valence-corrected chi connectivity index (χ4v) is 1.94. The van der Waals surface area contributed by atoms with Gasteiger partial charge in [0.05, 0.1) is 11.9 Å². The number of aromatic nitrogens is 3. The average Bonchev–Trinajstić information content (AvgIpc) is 2.42. The zero-order chi connectivity index (χ0) is 13.2. The summed E-state index contributed by atoms with van der Waals surface area (Å²) >= 11 is 0. The van der Waals surface area contributed by atoms with Gasteiger partial charge in [-0.1, -0.05) is 12.1 Å². The molecular weight excluding hydrogens is 245 g/mol. The summed E-state index contributed by atoms with van der Waals surface area (Å²) < 4.78 is 14.6. The van der Waals surface area contributed by atoms with Crippen LogP contribution >= 0.6 is 0 Å². The van der Waals surface area contributed by atoms with Crippen LogP contribution in [0.15, 0.2) is 53.7 Å². The molecular formula is C14H10FN3O. The van der Waals surface area contributed by atoms with Crippen molar-refractivity contribution in [3.63, 3.8) is 0 Å². The highest BCUT2D eigenvalue weighted by Gasteiger charge is 2.05. The molecule has 19 heavy (non-hydrogen) atoms. The van der Waals surface area contributed by atoms with E-state index in [4.69, 9.17) is 0 Å². The second-order valence-electron chi connectivity index (χ2n) is 4.18. The van der Waals surface area contributed by atoms with Crippen molar-refractivity contribution in [1.82, 2.24) is 14.5 Å². The van der Waals surface area contributed by atoms with E-state index in [1.165, 1.54) is 23.0 Å². The molecule has 0 saturated carbocycles. The summed E-state index contributed by atoms with van der Waals surface area (Å²) in [6.07, 6.45) is 3.02. The van der Waals surface area contributed by atoms with E-state index in [9.17, 15) is 9.18 Å². The molecule has 1 aromatic carbocycles. The second-order valence-corrected chi connectivity index (χ2v) is 4.18. The molecule has 0 aliphatic carbocycles. The Labute approximate surface area is 108 Å². The zero-order valence-corrected chi connectivity index (χ0v) is 9.95. The molecule has 2 heterocycles. The van der Waals surface area contributed by atoms with Crippen LogP contribution in [0.2, 0.25) is 0 Å². The van der Waals surface area contributed by atoms with E-state index in [0.717, 1.165) is 0 Å². The maximum absolute atomic E-state index is 13.1. The molecule has 0 fully saturated rings. The normalized spacial score (nSPS) is 10.8. The van der Waals surface area contributed by atoms with E-state index >= 15 is 0 Å². The zero-order valence-electron chi connectivity index (χ0n) is 9.95. The van der Waals surface area contributed by atoms with Crippen LogP contribution in [0.3, 0.4) is 0 Å². The Bertz CT molecular complexity index is 798. The summed E-state index contributed by atoms with van der Waals surface area (Å²) in [6, 6.07) is 9.53. The number of halogens is 1. The third kappa shape index (κ3) is 2.22. The van der Waals surface area contributed by atoms with Crippen LogP contribution in [-0.4, -0.2) is 14.5 Å². The standard InChI is InChI=1S/C14H10FN3O/c15-11-4-1-3-10(7-11)8-18-9-17-13-12(14(18)19)5-2-6-16-13/h1-7,9H,8H2. The number of benzene rings is 1. The smallest absolute Gasteiger partial charge is 0.263 e. The van der Waals surface area contributed by atoms with E-state index in [-0.39, 0.29) is 17.9 Å². The van der Waals surface area contributed by atoms with Crippen molar-refractivity contribution in [2.75, 3.05) is 0 Å². The molecule has 0 bridgehead atoms. The summed E-state index contributed by atoms with van der Waals surface area (Å²) in [7, 11) is 0. The van der Waals surface area contributed by atoms with Gasteiger partial charge in [-0.05, 0) is 29.8 Å². The van der Waals surface area contributed by atoms with Crippen molar-refractivity contribution < 1.29 is 4.39 Å². The van der Waals surface area contributed by atoms with Crippen LogP contribution in [0.4, 0.5) is 4.39 Å². The predicted octanol–water partition coefficient (Wildman–Crippen LogP) is 1.98. The molecule has 0 N–H and O–H groups in total. The lowest BCUT2D eigenvalue weighted by Crippen LogP contribution is -2.21. The van der Waals surface area contributed by atoms with E-state index in [1.54, 1.807) is 30.5 Å². The number of pyridine rings is 1. The highest BCUT2D eigenvalue weighted by Crippen LogP contribution is 2.06. The third-order valence-electron chi connectivity index (χ3n) is 2.84. The monoisotopic (exact) mass is 255 g/mol. The number of hydrogen-bond donors (Lipinski definition) is 0. The first-order valence-corrected chi connectivity index (χ1v) is 5.79. The first-order chi connectivity index (χ1) is 9.24. The Kier molecular flexibility index (Phi) is 2.79. The van der Waals surface area contributed by atoms with Gasteiger partial charge in [0.15, 0.2) is 5.65 Å².